The molecule has 1 N–H and O–H groups in total. The summed E-state index contributed by atoms with van der Waals surface area (Å²) in [6.45, 7) is 1.42. The Morgan fingerprint density at radius 2 is 2.00 bits per heavy atom. The molecule has 12 heteroatoms. The topological polar surface area (TPSA) is 144 Å². The summed E-state index contributed by atoms with van der Waals surface area (Å²) in [4.78, 5) is 44.3. The van der Waals surface area contributed by atoms with E-state index in [9.17, 15) is 19.7 Å². The van der Waals surface area contributed by atoms with Crippen LogP contribution in [0.3, 0.4) is 0 Å². The van der Waals surface area contributed by atoms with Crippen molar-refractivity contribution in [2.24, 2.45) is 0 Å². The van der Waals surface area contributed by atoms with Crippen molar-refractivity contribution in [2.45, 2.75) is 12.1 Å². The number of hydrogen-bond acceptors (Lipinski definition) is 9. The number of non-ortho nitro benzene ring substituents is 1. The molecule has 0 saturated heterocycles. The number of nitro groups is 1. The molecule has 11 nitrogen and oxygen atoms in total. The number of carbonyl (C=O) groups is 2. The van der Waals surface area contributed by atoms with Gasteiger partial charge in [0.2, 0.25) is 11.1 Å². The lowest BCUT2D eigenvalue weighted by Gasteiger charge is -2.21. The molecule has 0 aliphatic carbocycles. The number of rotatable bonds is 8. The lowest BCUT2D eigenvalue weighted by atomic mass is 10.2. The molecule has 0 radical (unpaired) electrons. The van der Waals surface area contributed by atoms with Crippen molar-refractivity contribution in [2.75, 3.05) is 23.8 Å². The number of benzene rings is 2. The van der Waals surface area contributed by atoms with Crippen molar-refractivity contribution >= 4 is 57.1 Å². The molecule has 33 heavy (non-hydrogen) atoms. The first kappa shape index (κ1) is 22.1. The van der Waals surface area contributed by atoms with E-state index >= 15 is 0 Å². The third kappa shape index (κ3) is 4.90. The number of nitro benzene ring substituents is 1. The maximum absolute atomic E-state index is 13.0. The quantitative estimate of drug-likeness (QED) is 0.179. The maximum atomic E-state index is 13.0. The minimum absolute atomic E-state index is 0.116. The van der Waals surface area contributed by atoms with Crippen LogP contribution in [-0.4, -0.2) is 55.9 Å². The van der Waals surface area contributed by atoms with Gasteiger partial charge in [0.15, 0.2) is 5.65 Å². The summed E-state index contributed by atoms with van der Waals surface area (Å²) in [5.41, 5.74) is 2.07. The molecule has 0 aliphatic heterocycles. The number of ether oxygens (including phenoxy) is 1. The van der Waals surface area contributed by atoms with Gasteiger partial charge in [-0.05, 0) is 19.1 Å². The summed E-state index contributed by atoms with van der Waals surface area (Å²) in [5, 5.41) is 20.6. The van der Waals surface area contributed by atoms with Crippen molar-refractivity contribution < 1.29 is 19.2 Å². The fourth-order valence-electron chi connectivity index (χ4n) is 3.20. The Kier molecular flexibility index (Phi) is 6.45. The van der Waals surface area contributed by atoms with Crippen LogP contribution in [0.5, 0.6) is 0 Å². The van der Waals surface area contributed by atoms with Crippen LogP contribution in [0, 0.1) is 10.1 Å². The zero-order chi connectivity index (χ0) is 23.4. The molecule has 2 aromatic carbocycles. The number of carbonyl (C=O) groups excluding carboxylic acids is 2. The summed E-state index contributed by atoms with van der Waals surface area (Å²) < 4.78 is 4.95. The van der Waals surface area contributed by atoms with Crippen LogP contribution in [0.15, 0.2) is 53.7 Å². The van der Waals surface area contributed by atoms with Gasteiger partial charge in [0, 0.05) is 23.0 Å². The number of nitrogens with one attached hydrogen (secondary N) is 1. The van der Waals surface area contributed by atoms with Gasteiger partial charge in [0.1, 0.15) is 12.1 Å². The van der Waals surface area contributed by atoms with Crippen LogP contribution >= 0.6 is 11.8 Å². The van der Waals surface area contributed by atoms with E-state index in [1.807, 2.05) is 24.3 Å². The Morgan fingerprint density at radius 3 is 2.79 bits per heavy atom. The third-order valence-corrected chi connectivity index (χ3v) is 5.50. The van der Waals surface area contributed by atoms with Crippen molar-refractivity contribution in [3.63, 3.8) is 0 Å². The number of anilines is 1. The molecule has 2 aromatic heterocycles. The second kappa shape index (κ2) is 9.61. The lowest BCUT2D eigenvalue weighted by molar-refractivity contribution is -0.384. The van der Waals surface area contributed by atoms with Crippen molar-refractivity contribution in [1.82, 2.24) is 20.2 Å². The van der Waals surface area contributed by atoms with Gasteiger partial charge in [-0.25, -0.2) is 4.98 Å². The van der Waals surface area contributed by atoms with E-state index in [0.717, 1.165) is 27.6 Å². The smallest absolute Gasteiger partial charge is 0.326 e. The molecule has 0 aliphatic rings. The number of nitrogens with zero attached hydrogens (tertiary/aromatic N) is 5. The standard InChI is InChI=1S/C21H18N6O5S/c1-2-32-18(29)11-26(13-6-5-7-14(10-13)27(30)31)17(28)12-33-21-23-20-19(24-25-21)15-8-3-4-9-16(15)22-20/h3-10H,2,11-12H2,1H3,(H,22,23,25). The van der Waals surface area contributed by atoms with Crippen LogP contribution in [-0.2, 0) is 14.3 Å². The summed E-state index contributed by atoms with van der Waals surface area (Å²) in [6, 6.07) is 13.1. The predicted molar refractivity (Wildman–Crippen MR) is 122 cm³/mol. The molecule has 2 heterocycles. The van der Waals surface area contributed by atoms with Crippen LogP contribution in [0.25, 0.3) is 22.1 Å². The largest absolute Gasteiger partial charge is 0.465 e. The molecule has 0 saturated carbocycles. The fraction of sp³-hybridized carbons (Fsp3) is 0.190. The van der Waals surface area contributed by atoms with Crippen LogP contribution in [0.1, 0.15) is 6.92 Å². The molecule has 0 bridgehead atoms. The number of hydrogen-bond donors (Lipinski definition) is 1. The van der Waals surface area contributed by atoms with E-state index in [2.05, 4.69) is 20.2 Å². The molecule has 0 unspecified atom stereocenters. The highest BCUT2D eigenvalue weighted by atomic mass is 32.2. The second-order valence-corrected chi connectivity index (χ2v) is 7.76. The molecule has 1 amide bonds. The van der Waals surface area contributed by atoms with Gasteiger partial charge in [-0.2, -0.15) is 0 Å². The summed E-state index contributed by atoms with van der Waals surface area (Å²) in [6.07, 6.45) is 0. The zero-order valence-electron chi connectivity index (χ0n) is 17.4. The van der Waals surface area contributed by atoms with E-state index in [1.165, 1.54) is 24.3 Å². The van der Waals surface area contributed by atoms with E-state index < -0.39 is 16.8 Å². The van der Waals surface area contributed by atoms with Crippen LogP contribution in [0.4, 0.5) is 11.4 Å². The summed E-state index contributed by atoms with van der Waals surface area (Å²) >= 11 is 1.05. The first-order valence-electron chi connectivity index (χ1n) is 9.90. The SMILES string of the molecule is CCOC(=O)CN(C(=O)CSc1nnc2c(n1)[nH]c1ccccc12)c1cccc([N+](=O)[O-])c1. The minimum Gasteiger partial charge on any atom is -0.465 e. The average molecular weight is 466 g/mol. The third-order valence-electron chi connectivity index (χ3n) is 4.67. The number of thioether (sulfide) groups is 1. The number of fused-ring (bicyclic) bond motifs is 3. The lowest BCUT2D eigenvalue weighted by Crippen LogP contribution is -2.37. The van der Waals surface area contributed by atoms with E-state index in [-0.39, 0.29) is 35.4 Å². The Balaban J connectivity index is 1.54. The number of aromatic nitrogens is 4. The highest BCUT2D eigenvalue weighted by Gasteiger charge is 2.22. The number of amides is 1. The van der Waals surface area contributed by atoms with Crippen LogP contribution < -0.4 is 4.90 Å². The molecular weight excluding hydrogens is 448 g/mol. The molecular formula is C21H18N6O5S. The minimum atomic E-state index is -0.625. The van der Waals surface area contributed by atoms with E-state index in [1.54, 1.807) is 6.92 Å². The predicted octanol–water partition coefficient (Wildman–Crippen LogP) is 3.10. The molecule has 0 spiro atoms. The normalized spacial score (nSPS) is 10.9. The first-order chi connectivity index (χ1) is 16.0. The number of H-pyrrole nitrogens is 1. The van der Waals surface area contributed by atoms with Gasteiger partial charge in [0.25, 0.3) is 5.69 Å². The zero-order valence-corrected chi connectivity index (χ0v) is 18.2. The summed E-state index contributed by atoms with van der Waals surface area (Å²) in [5.74, 6) is -1.20. The molecule has 168 valence electrons. The van der Waals surface area contributed by atoms with Gasteiger partial charge in [0.05, 0.1) is 23.0 Å². The van der Waals surface area contributed by atoms with Crippen molar-refractivity contribution in [1.29, 1.82) is 0 Å². The maximum Gasteiger partial charge on any atom is 0.326 e. The van der Waals surface area contributed by atoms with Gasteiger partial charge in [-0.1, -0.05) is 36.0 Å². The number of aromatic amines is 1. The molecule has 4 aromatic rings. The van der Waals surface area contributed by atoms with Gasteiger partial charge in [-0.3, -0.25) is 19.7 Å². The highest BCUT2D eigenvalue weighted by Crippen LogP contribution is 2.25. The van der Waals surface area contributed by atoms with E-state index in [0.29, 0.717) is 11.2 Å². The number of esters is 1. The van der Waals surface area contributed by atoms with Gasteiger partial charge >= 0.3 is 5.97 Å². The first-order valence-corrected chi connectivity index (χ1v) is 10.9. The van der Waals surface area contributed by atoms with E-state index in [4.69, 9.17) is 4.74 Å². The Hall–Kier alpha value is -4.06. The average Bonchev–Trinajstić information content (AvgIpc) is 3.19. The van der Waals surface area contributed by atoms with Crippen molar-refractivity contribution in [3.05, 3.63) is 58.6 Å². The molecule has 0 fully saturated rings. The Morgan fingerprint density at radius 1 is 1.18 bits per heavy atom. The molecule has 0 atom stereocenters. The summed E-state index contributed by atoms with van der Waals surface area (Å²) in [7, 11) is 0. The monoisotopic (exact) mass is 466 g/mol. The fourth-order valence-corrected chi connectivity index (χ4v) is 3.87. The Labute approximate surface area is 191 Å². The van der Waals surface area contributed by atoms with Gasteiger partial charge in [-0.15, -0.1) is 10.2 Å². The second-order valence-electron chi connectivity index (χ2n) is 6.81. The van der Waals surface area contributed by atoms with Crippen molar-refractivity contribution in [3.8, 4) is 0 Å². The highest BCUT2D eigenvalue weighted by molar-refractivity contribution is 7.99. The Bertz CT molecular complexity index is 1360. The molecule has 4 rings (SSSR count). The number of para-hydroxylation sites is 1. The van der Waals surface area contributed by atoms with Crippen LogP contribution in [0.2, 0.25) is 0 Å². The van der Waals surface area contributed by atoms with Gasteiger partial charge < -0.3 is 14.6 Å².